The third-order valence-corrected chi connectivity index (χ3v) is 25.1. The Hall–Kier alpha value is -10.3. The zero-order valence-electron chi connectivity index (χ0n) is 72.6. The van der Waals surface area contributed by atoms with Crippen LogP contribution in [0.4, 0.5) is 0 Å². The van der Waals surface area contributed by atoms with E-state index in [2.05, 4.69) is 276 Å². The van der Waals surface area contributed by atoms with Gasteiger partial charge in [-0.3, -0.25) is 0 Å². The van der Waals surface area contributed by atoms with E-state index in [0.717, 1.165) is 62.7 Å². The Kier molecular flexibility index (Phi) is 33.4. The molecule has 6 nitrogen and oxygen atoms in total. The molecule has 0 saturated heterocycles. The Morgan fingerprint density at radius 3 is 1.02 bits per heavy atom. The van der Waals surface area contributed by atoms with E-state index in [9.17, 15) is 0 Å². The summed E-state index contributed by atoms with van der Waals surface area (Å²) in [6.07, 6.45) is 12.2. The van der Waals surface area contributed by atoms with Crippen molar-refractivity contribution in [1.82, 2.24) is 29.9 Å². The quantitative estimate of drug-likeness (QED) is 0.0752. The van der Waals surface area contributed by atoms with Crippen LogP contribution < -0.4 is 15.6 Å². The second kappa shape index (κ2) is 45.4. The van der Waals surface area contributed by atoms with Gasteiger partial charge < -0.3 is 29.9 Å². The maximum Gasteiger partial charge on any atom is 0.0775 e. The Morgan fingerprint density at radius 2 is 0.650 bits per heavy atom. The summed E-state index contributed by atoms with van der Waals surface area (Å²) in [5, 5.41) is 4.47. The molecule has 6 aromatic heterocycles. The van der Waals surface area contributed by atoms with Crippen molar-refractivity contribution >= 4 is 39.8 Å². The van der Waals surface area contributed by atoms with E-state index in [0.29, 0.717) is 17.2 Å². The molecule has 0 spiro atoms. The Bertz CT molecular complexity index is 5690. The number of aromatic nitrogens is 6. The second-order valence-electron chi connectivity index (χ2n) is 31.2. The van der Waals surface area contributed by atoms with Crippen molar-refractivity contribution in [2.24, 2.45) is 5.92 Å². The summed E-state index contributed by atoms with van der Waals surface area (Å²) in [7, 11) is -3.79. The molecule has 6 heterocycles. The average Bonchev–Trinajstić information content (AvgIpc) is 0.816. The summed E-state index contributed by atoms with van der Waals surface area (Å²) < 4.78 is 30.1. The molecule has 0 aliphatic rings. The van der Waals surface area contributed by atoms with Crippen LogP contribution in [-0.4, -0.2) is 54.1 Å². The van der Waals surface area contributed by atoms with Gasteiger partial charge in [-0.25, -0.2) is 0 Å². The van der Waals surface area contributed by atoms with Crippen molar-refractivity contribution in [1.29, 1.82) is 0 Å². The monoisotopic (exact) mass is 2110 g/mol. The Morgan fingerprint density at radius 1 is 0.299 bits per heavy atom. The van der Waals surface area contributed by atoms with Crippen molar-refractivity contribution in [3.05, 3.63) is 406 Å². The molecule has 0 fully saturated rings. The molecule has 10 aromatic carbocycles. The van der Waals surface area contributed by atoms with Crippen molar-refractivity contribution in [2.45, 2.75) is 93.0 Å². The van der Waals surface area contributed by atoms with Crippen molar-refractivity contribution < 1.29 is 65.8 Å². The van der Waals surface area contributed by atoms with E-state index >= 15 is 0 Å². The van der Waals surface area contributed by atoms with Crippen LogP contribution in [0.1, 0.15) is 36.0 Å². The van der Waals surface area contributed by atoms with Crippen LogP contribution in [0.25, 0.3) is 112 Å². The van der Waals surface area contributed by atoms with E-state index in [1.54, 1.807) is 36.8 Å². The third kappa shape index (κ3) is 27.7. The van der Waals surface area contributed by atoms with Gasteiger partial charge in [0.2, 0.25) is 0 Å². The van der Waals surface area contributed by atoms with E-state index in [1.807, 2.05) is 158 Å². The van der Waals surface area contributed by atoms with Gasteiger partial charge in [0.05, 0.1) is 24.2 Å². The van der Waals surface area contributed by atoms with Crippen LogP contribution in [0.2, 0.25) is 58.9 Å². The van der Waals surface area contributed by atoms with Crippen molar-refractivity contribution in [3.8, 4) is 112 Å². The zero-order chi connectivity index (χ0) is 83.8. The minimum atomic E-state index is -1.28. The molecule has 0 aliphatic carbocycles. The fourth-order valence-corrected chi connectivity index (χ4v) is 16.0. The third-order valence-electron chi connectivity index (χ3n) is 18.9. The number of pyridine rings is 6. The molecule has 0 bridgehead atoms. The first-order chi connectivity index (χ1) is 56.7. The molecule has 0 saturated carbocycles. The molecule has 117 heavy (non-hydrogen) atoms. The zero-order valence-corrected chi connectivity index (χ0v) is 78.8. The average molecular weight is 2110 g/mol. The minimum absolute atomic E-state index is 0. The van der Waals surface area contributed by atoms with Gasteiger partial charge in [0.25, 0.3) is 0 Å². The number of hydrogen-bond acceptors (Lipinski definition) is 6. The normalized spacial score (nSPS) is 11.2. The molecule has 0 N–H and O–H groups in total. The fraction of sp³-hybridized carbons (Fsp3) is 0.143. The van der Waals surface area contributed by atoms with Gasteiger partial charge in [-0.05, 0) is 120 Å². The van der Waals surface area contributed by atoms with Gasteiger partial charge in [-0.2, -0.15) is 0 Å². The smallest absolute Gasteiger partial charge is 0.0775 e. The number of nitrogens with zero attached hydrogens (tertiary/aromatic N) is 6. The summed E-state index contributed by atoms with van der Waals surface area (Å²) in [5.41, 5.74) is 24.5. The van der Waals surface area contributed by atoms with E-state index in [-0.39, 0.29) is 84.5 Å². The molecule has 0 aliphatic heterocycles. The predicted molar refractivity (Wildman–Crippen MR) is 490 cm³/mol. The van der Waals surface area contributed by atoms with Crippen LogP contribution in [0.5, 0.6) is 0 Å². The van der Waals surface area contributed by atoms with Crippen LogP contribution in [-0.2, 0) is 66.7 Å². The molecule has 595 valence electrons. The largest absolute Gasteiger partial charge is 0.305 e. The number of aryl methyl sites for hydroxylation is 2. The van der Waals surface area contributed by atoms with Gasteiger partial charge in [0, 0.05) is 117 Å². The Labute approximate surface area is 745 Å². The van der Waals surface area contributed by atoms with Crippen molar-refractivity contribution in [3.63, 3.8) is 0 Å². The maximum atomic E-state index is 7.71. The molecule has 0 atom stereocenters. The van der Waals surface area contributed by atoms with E-state index in [1.165, 1.54) is 76.8 Å². The molecule has 0 amide bonds. The molecular formula is C105H100Ir3N6Si3-6. The van der Waals surface area contributed by atoms with E-state index < -0.39 is 24.2 Å². The summed E-state index contributed by atoms with van der Waals surface area (Å²) >= 11 is 0. The van der Waals surface area contributed by atoms with Gasteiger partial charge >= 0.3 is 0 Å². The molecule has 16 aromatic rings. The first-order valence-electron chi connectivity index (χ1n) is 40.7. The number of rotatable bonds is 15. The first-order valence-corrected chi connectivity index (χ1v) is 49.2. The van der Waals surface area contributed by atoms with E-state index in [4.69, 9.17) is 15.5 Å². The summed E-state index contributed by atoms with van der Waals surface area (Å²) in [6, 6.07) is 117. The van der Waals surface area contributed by atoms with Gasteiger partial charge in [0.1, 0.15) is 0 Å². The molecule has 0 unspecified atom stereocenters. The predicted octanol–water partition coefficient (Wildman–Crippen LogP) is 25.4. The van der Waals surface area contributed by atoms with Crippen LogP contribution in [0, 0.1) is 56.2 Å². The van der Waals surface area contributed by atoms with Crippen LogP contribution >= 0.6 is 0 Å². The second-order valence-corrected chi connectivity index (χ2v) is 46.4. The molecule has 3 radical (unpaired) electrons. The number of benzene rings is 10. The van der Waals surface area contributed by atoms with Gasteiger partial charge in [0.15, 0.2) is 0 Å². The molecule has 12 heteroatoms. The topological polar surface area (TPSA) is 77.3 Å². The molecule has 16 rings (SSSR count). The van der Waals surface area contributed by atoms with Gasteiger partial charge in [-0.15, -0.1) is 215 Å². The van der Waals surface area contributed by atoms with Crippen molar-refractivity contribution in [2.75, 3.05) is 0 Å². The fourth-order valence-electron chi connectivity index (χ4n) is 12.5. The van der Waals surface area contributed by atoms with Crippen LogP contribution in [0.15, 0.2) is 353 Å². The molecular weight excluding hydrogens is 2010 g/mol. The first kappa shape index (κ1) is 86.1. The van der Waals surface area contributed by atoms with Gasteiger partial charge in [-0.1, -0.05) is 246 Å². The summed E-state index contributed by atoms with van der Waals surface area (Å²) in [5.74, 6) is 0.602. The number of hydrogen-bond donors (Lipinski definition) is 0. The standard InChI is InChI=1S/C27H26NSi.C24H28NSi.C21H22NSi.3C11H8N.3Ir/c1-20-17-27(24-12-8-11-23(18-24)21-9-6-5-7-10-21)28-19-26(20)22-13-15-25(16-14-22)29(2,3)4;1-18(2)15-21-16-24(20-9-7-6-8-10-20)25-17-23(21)19-11-13-22(14-12-19)26(3,4)5;1-16-14-21(18-8-6-5-7-9-18)22-15-20(16)17-10-12-19(13-11-17)23(2,3)4;3*1-2-6-10(7-3-1)11-8-4-5-9-12-11;;;/h5-11,13-19H,1-4H3;6-9,11-14,16-18H,15H2,1-5H3;5-8,10-15H,1-4H3;3*1-6,8-9H;;;/q6*-1;;;/i;;;1D,2D,3D,6D;;;;;. The summed E-state index contributed by atoms with van der Waals surface area (Å²) in [6.45, 7) is 30.3. The Balaban J connectivity index is 0.000000185. The summed E-state index contributed by atoms with van der Waals surface area (Å²) in [4.78, 5) is 26.6. The minimum Gasteiger partial charge on any atom is -0.305 e. The van der Waals surface area contributed by atoms with Crippen LogP contribution in [0.3, 0.4) is 0 Å². The SMILES string of the molecule is CC(C)Cc1cc(-c2[c-]cccc2)ncc1-c1ccc([Si](C)(C)C)cc1.Cc1cc(-c2[c-]ccc(-c3ccccc3)c2)ncc1-c1ccc([Si](C)(C)C)cc1.Cc1cc(-c2[c-]cccc2)ncc1-c1ccc([Si](C)(C)C)cc1.[2H]c1[c-]c(-c2ccccn2)c([2H])c([2H])c1[2H].[Ir].[Ir].[Ir].[c-]1ccccc1-c1ccccn1.[c-]1ccccc1-c1ccccn1. The maximum absolute atomic E-state index is 7.71.